The second-order valence-corrected chi connectivity index (χ2v) is 6.52. The Kier molecular flexibility index (Phi) is 5.14. The number of hydrogen-bond donors (Lipinski definition) is 1. The summed E-state index contributed by atoms with van der Waals surface area (Å²) in [4.78, 5) is 16.3. The van der Waals surface area contributed by atoms with Crippen LogP contribution >= 0.6 is 15.9 Å². The van der Waals surface area contributed by atoms with E-state index in [1.807, 2.05) is 50.2 Å². The van der Waals surface area contributed by atoms with E-state index in [0.717, 1.165) is 21.3 Å². The maximum Gasteiger partial charge on any atom is 0.262 e. The molecule has 0 bridgehead atoms. The first-order chi connectivity index (χ1) is 12.0. The highest BCUT2D eigenvalue weighted by Crippen LogP contribution is 2.24. The van der Waals surface area contributed by atoms with Crippen molar-refractivity contribution in [1.29, 1.82) is 0 Å². The van der Waals surface area contributed by atoms with E-state index in [-0.39, 0.29) is 12.5 Å². The number of aryl methyl sites for hydroxylation is 2. The summed E-state index contributed by atoms with van der Waals surface area (Å²) in [6.07, 6.45) is 3.02. The highest BCUT2D eigenvalue weighted by atomic mass is 79.9. The molecule has 3 rings (SSSR count). The summed E-state index contributed by atoms with van der Waals surface area (Å²) >= 11 is 3.41. The van der Waals surface area contributed by atoms with Crippen molar-refractivity contribution in [1.82, 2.24) is 14.8 Å². The molecule has 1 heterocycles. The molecule has 1 N–H and O–H groups in total. The van der Waals surface area contributed by atoms with Crippen LogP contribution in [0.5, 0.6) is 5.75 Å². The molecule has 128 valence electrons. The topological polar surface area (TPSA) is 69.0 Å². The van der Waals surface area contributed by atoms with Crippen molar-refractivity contribution >= 4 is 27.5 Å². The SMILES string of the molecule is Cc1ccc(C)c(OCC(=O)Nc2cc(Br)ccc2-n2cncn2)c1. The molecule has 0 spiro atoms. The largest absolute Gasteiger partial charge is 0.483 e. The van der Waals surface area contributed by atoms with Gasteiger partial charge in [0.05, 0.1) is 11.4 Å². The lowest BCUT2D eigenvalue weighted by Crippen LogP contribution is -2.21. The van der Waals surface area contributed by atoms with Gasteiger partial charge >= 0.3 is 0 Å². The van der Waals surface area contributed by atoms with Gasteiger partial charge in [0.1, 0.15) is 18.4 Å². The summed E-state index contributed by atoms with van der Waals surface area (Å²) in [7, 11) is 0. The molecule has 1 amide bonds. The van der Waals surface area contributed by atoms with Crippen LogP contribution in [0.25, 0.3) is 5.69 Å². The number of carbonyl (C=O) groups excluding carboxylic acids is 1. The molecule has 0 fully saturated rings. The van der Waals surface area contributed by atoms with Crippen molar-refractivity contribution in [2.75, 3.05) is 11.9 Å². The van der Waals surface area contributed by atoms with Crippen LogP contribution < -0.4 is 10.1 Å². The van der Waals surface area contributed by atoms with E-state index in [1.54, 1.807) is 11.0 Å². The predicted molar refractivity (Wildman–Crippen MR) is 99.1 cm³/mol. The van der Waals surface area contributed by atoms with Crippen LogP contribution in [-0.4, -0.2) is 27.3 Å². The van der Waals surface area contributed by atoms with Gasteiger partial charge in [0.2, 0.25) is 0 Å². The number of amides is 1. The lowest BCUT2D eigenvalue weighted by atomic mass is 10.1. The van der Waals surface area contributed by atoms with Gasteiger partial charge in [0, 0.05) is 4.47 Å². The van der Waals surface area contributed by atoms with Crippen LogP contribution in [0, 0.1) is 13.8 Å². The van der Waals surface area contributed by atoms with Crippen LogP contribution in [0.3, 0.4) is 0 Å². The average molecular weight is 401 g/mol. The Morgan fingerprint density at radius 3 is 2.84 bits per heavy atom. The Morgan fingerprint density at radius 2 is 2.08 bits per heavy atom. The summed E-state index contributed by atoms with van der Waals surface area (Å²) in [5.41, 5.74) is 3.42. The van der Waals surface area contributed by atoms with Gasteiger partial charge in [-0.05, 0) is 49.2 Å². The summed E-state index contributed by atoms with van der Waals surface area (Å²) in [5.74, 6) is 0.460. The first-order valence-corrected chi connectivity index (χ1v) is 8.46. The van der Waals surface area contributed by atoms with E-state index < -0.39 is 0 Å². The molecule has 0 aliphatic heterocycles. The molecule has 7 heteroatoms. The van der Waals surface area contributed by atoms with Crippen molar-refractivity contribution in [2.45, 2.75) is 13.8 Å². The van der Waals surface area contributed by atoms with Gasteiger partial charge in [0.25, 0.3) is 5.91 Å². The Morgan fingerprint density at radius 1 is 1.24 bits per heavy atom. The Balaban J connectivity index is 1.73. The van der Waals surface area contributed by atoms with E-state index in [0.29, 0.717) is 11.4 Å². The van der Waals surface area contributed by atoms with E-state index in [4.69, 9.17) is 4.74 Å². The van der Waals surface area contributed by atoms with Crippen LogP contribution in [0.2, 0.25) is 0 Å². The number of aromatic nitrogens is 3. The molecule has 0 unspecified atom stereocenters. The monoisotopic (exact) mass is 400 g/mol. The quantitative estimate of drug-likeness (QED) is 0.709. The van der Waals surface area contributed by atoms with Crippen molar-refractivity contribution < 1.29 is 9.53 Å². The molecule has 2 aromatic carbocycles. The summed E-state index contributed by atoms with van der Waals surface area (Å²) in [5, 5.41) is 6.97. The standard InChI is InChI=1S/C18H17BrN4O2/c1-12-3-4-13(2)17(7-12)25-9-18(24)22-15-8-14(19)5-6-16(15)23-11-20-10-21-23/h3-8,10-11H,9H2,1-2H3,(H,22,24). The number of nitrogens with one attached hydrogen (secondary N) is 1. The highest BCUT2D eigenvalue weighted by molar-refractivity contribution is 9.10. The second-order valence-electron chi connectivity index (χ2n) is 5.61. The van der Waals surface area contributed by atoms with E-state index in [2.05, 4.69) is 31.3 Å². The number of halogens is 1. The van der Waals surface area contributed by atoms with Gasteiger partial charge in [-0.2, -0.15) is 5.10 Å². The summed E-state index contributed by atoms with van der Waals surface area (Å²) in [6.45, 7) is 3.86. The lowest BCUT2D eigenvalue weighted by molar-refractivity contribution is -0.118. The predicted octanol–water partition coefficient (Wildman–Crippen LogP) is 3.66. The van der Waals surface area contributed by atoms with Crippen molar-refractivity contribution in [3.8, 4) is 11.4 Å². The highest BCUT2D eigenvalue weighted by Gasteiger charge is 2.11. The minimum absolute atomic E-state index is 0.0758. The fraction of sp³-hybridized carbons (Fsp3) is 0.167. The first kappa shape index (κ1) is 17.2. The number of benzene rings is 2. The molecule has 0 saturated heterocycles. The zero-order valence-electron chi connectivity index (χ0n) is 13.9. The van der Waals surface area contributed by atoms with Gasteiger partial charge in [0.15, 0.2) is 6.61 Å². The molecule has 1 aromatic heterocycles. The third-order valence-electron chi connectivity index (χ3n) is 3.60. The Bertz CT molecular complexity index is 894. The molecular formula is C18H17BrN4O2. The fourth-order valence-corrected chi connectivity index (χ4v) is 2.69. The second kappa shape index (κ2) is 7.48. The molecule has 0 aliphatic rings. The Hall–Kier alpha value is -2.67. The first-order valence-electron chi connectivity index (χ1n) is 7.67. The third kappa shape index (κ3) is 4.24. The minimum atomic E-state index is -0.250. The summed E-state index contributed by atoms with van der Waals surface area (Å²) in [6, 6.07) is 11.4. The number of hydrogen-bond acceptors (Lipinski definition) is 4. The number of anilines is 1. The average Bonchev–Trinajstić information content (AvgIpc) is 3.10. The maximum atomic E-state index is 12.3. The van der Waals surface area contributed by atoms with E-state index >= 15 is 0 Å². The normalized spacial score (nSPS) is 10.5. The molecular weight excluding hydrogens is 384 g/mol. The molecule has 0 radical (unpaired) electrons. The molecule has 6 nitrogen and oxygen atoms in total. The number of carbonyl (C=O) groups is 1. The molecule has 0 saturated carbocycles. The van der Waals surface area contributed by atoms with Gasteiger partial charge in [-0.25, -0.2) is 9.67 Å². The van der Waals surface area contributed by atoms with Gasteiger partial charge in [-0.15, -0.1) is 0 Å². The van der Waals surface area contributed by atoms with E-state index in [1.165, 1.54) is 6.33 Å². The third-order valence-corrected chi connectivity index (χ3v) is 4.09. The van der Waals surface area contributed by atoms with Crippen molar-refractivity contribution in [2.24, 2.45) is 0 Å². The van der Waals surface area contributed by atoms with Crippen LogP contribution in [0.4, 0.5) is 5.69 Å². The minimum Gasteiger partial charge on any atom is -0.483 e. The van der Waals surface area contributed by atoms with Crippen molar-refractivity contribution in [3.05, 3.63) is 64.7 Å². The van der Waals surface area contributed by atoms with Gasteiger partial charge in [-0.1, -0.05) is 28.1 Å². The van der Waals surface area contributed by atoms with E-state index in [9.17, 15) is 4.79 Å². The zero-order chi connectivity index (χ0) is 17.8. The van der Waals surface area contributed by atoms with Crippen LogP contribution in [0.1, 0.15) is 11.1 Å². The fourth-order valence-electron chi connectivity index (χ4n) is 2.33. The number of nitrogens with zero attached hydrogens (tertiary/aromatic N) is 3. The van der Waals surface area contributed by atoms with Crippen LogP contribution in [-0.2, 0) is 4.79 Å². The van der Waals surface area contributed by atoms with Crippen molar-refractivity contribution in [3.63, 3.8) is 0 Å². The lowest BCUT2D eigenvalue weighted by Gasteiger charge is -2.13. The smallest absolute Gasteiger partial charge is 0.262 e. The zero-order valence-corrected chi connectivity index (χ0v) is 15.4. The number of ether oxygens (including phenoxy) is 1. The van der Waals surface area contributed by atoms with Gasteiger partial charge in [-0.3, -0.25) is 4.79 Å². The molecule has 0 atom stereocenters. The van der Waals surface area contributed by atoms with Crippen LogP contribution in [0.15, 0.2) is 53.5 Å². The number of rotatable bonds is 5. The molecule has 3 aromatic rings. The Labute approximate surface area is 154 Å². The molecule has 0 aliphatic carbocycles. The maximum absolute atomic E-state index is 12.3. The van der Waals surface area contributed by atoms with Gasteiger partial charge < -0.3 is 10.1 Å². The summed E-state index contributed by atoms with van der Waals surface area (Å²) < 4.78 is 8.09. The molecule has 25 heavy (non-hydrogen) atoms.